The zero-order valence-electron chi connectivity index (χ0n) is 16.4. The second-order valence-electron chi connectivity index (χ2n) is 6.41. The summed E-state index contributed by atoms with van der Waals surface area (Å²) in [5.41, 5.74) is 2.19. The van der Waals surface area contributed by atoms with Gasteiger partial charge in [-0.05, 0) is 50.7 Å². The van der Waals surface area contributed by atoms with Crippen molar-refractivity contribution in [3.05, 3.63) is 53.6 Å². The fourth-order valence-electron chi connectivity index (χ4n) is 2.67. The molecule has 1 amide bonds. The highest BCUT2D eigenvalue weighted by Crippen LogP contribution is 2.28. The number of hydrogen-bond donors (Lipinski definition) is 1. The maximum atomic E-state index is 12.6. The number of likely N-dealkylation sites (N-methyl/N-ethyl adjacent to an activating group) is 1. The summed E-state index contributed by atoms with van der Waals surface area (Å²) in [6.07, 6.45) is 0. The highest BCUT2D eigenvalue weighted by molar-refractivity contribution is 5.98. The van der Waals surface area contributed by atoms with Crippen LogP contribution in [0.15, 0.2) is 42.5 Å². The van der Waals surface area contributed by atoms with E-state index in [1.165, 1.54) is 6.92 Å². The van der Waals surface area contributed by atoms with Gasteiger partial charge in [-0.2, -0.15) is 0 Å². The number of nitrogens with one attached hydrogen (secondary N) is 1. The molecule has 2 rings (SSSR count). The number of methoxy groups -OCH3 is 2. The van der Waals surface area contributed by atoms with Crippen molar-refractivity contribution >= 4 is 17.4 Å². The van der Waals surface area contributed by atoms with Crippen LogP contribution in [0.1, 0.15) is 29.8 Å². The summed E-state index contributed by atoms with van der Waals surface area (Å²) in [7, 11) is 5.07. The van der Waals surface area contributed by atoms with Gasteiger partial charge in [-0.1, -0.05) is 18.2 Å². The minimum atomic E-state index is -0.362. The molecule has 6 nitrogen and oxygen atoms in total. The molecule has 0 aliphatic carbocycles. The van der Waals surface area contributed by atoms with Gasteiger partial charge >= 0.3 is 0 Å². The summed E-state index contributed by atoms with van der Waals surface area (Å²) in [5, 5.41) is 2.87. The summed E-state index contributed by atoms with van der Waals surface area (Å²) in [5.74, 6) is 1.14. The number of benzene rings is 2. The maximum absolute atomic E-state index is 12.6. The molecule has 0 bridgehead atoms. The van der Waals surface area contributed by atoms with Gasteiger partial charge in [0.05, 0.1) is 20.3 Å². The molecule has 1 atom stereocenters. The normalized spacial score (nSPS) is 11.8. The third-order valence-electron chi connectivity index (χ3n) is 4.46. The Morgan fingerprint density at radius 2 is 1.78 bits per heavy atom. The van der Waals surface area contributed by atoms with Crippen molar-refractivity contribution in [1.29, 1.82) is 0 Å². The summed E-state index contributed by atoms with van der Waals surface area (Å²) in [6.45, 7) is 3.91. The molecule has 0 unspecified atom stereocenters. The number of Topliss-reactive ketones (excluding diaryl/α,β-unsaturated/α-hetero) is 1. The third kappa shape index (κ3) is 5.31. The Labute approximate surface area is 160 Å². The zero-order valence-corrected chi connectivity index (χ0v) is 16.4. The number of carbonyl (C=O) groups is 2. The predicted octanol–water partition coefficient (Wildman–Crippen LogP) is 3.37. The van der Waals surface area contributed by atoms with E-state index in [4.69, 9.17) is 9.47 Å². The largest absolute Gasteiger partial charge is 0.493 e. The van der Waals surface area contributed by atoms with Crippen molar-refractivity contribution in [3.8, 4) is 11.5 Å². The summed E-state index contributed by atoms with van der Waals surface area (Å²) in [4.78, 5) is 26.0. The molecular formula is C21H26N2O4. The molecular weight excluding hydrogens is 344 g/mol. The SMILES string of the molecule is COc1ccc(CN(C)[C@H](C)C(=O)Nc2cccc(C(C)=O)c2)cc1OC. The van der Waals surface area contributed by atoms with Crippen LogP contribution < -0.4 is 14.8 Å². The second kappa shape index (κ2) is 9.19. The molecule has 0 saturated heterocycles. The number of amides is 1. The van der Waals surface area contributed by atoms with Crippen LogP contribution in [0.3, 0.4) is 0 Å². The lowest BCUT2D eigenvalue weighted by Gasteiger charge is -2.24. The van der Waals surface area contributed by atoms with E-state index in [0.29, 0.717) is 29.3 Å². The standard InChI is InChI=1S/C21H26N2O4/c1-14(21(25)22-18-8-6-7-17(12-18)15(2)24)23(3)13-16-9-10-19(26-4)20(11-16)27-5/h6-12,14H,13H2,1-5H3,(H,22,25)/t14-/m1/s1. The van der Waals surface area contributed by atoms with Gasteiger partial charge < -0.3 is 14.8 Å². The molecule has 0 aliphatic rings. The van der Waals surface area contributed by atoms with Gasteiger partial charge in [0.2, 0.25) is 5.91 Å². The minimum absolute atomic E-state index is 0.0373. The van der Waals surface area contributed by atoms with Gasteiger partial charge in [-0.25, -0.2) is 0 Å². The Balaban J connectivity index is 2.04. The first-order valence-electron chi connectivity index (χ1n) is 8.68. The van der Waals surface area contributed by atoms with Crippen LogP contribution >= 0.6 is 0 Å². The first kappa shape index (κ1) is 20.5. The van der Waals surface area contributed by atoms with Gasteiger partial charge in [-0.15, -0.1) is 0 Å². The smallest absolute Gasteiger partial charge is 0.241 e. The number of ketones is 1. The first-order chi connectivity index (χ1) is 12.8. The number of carbonyl (C=O) groups excluding carboxylic acids is 2. The van der Waals surface area contributed by atoms with Crippen LogP contribution in [0.5, 0.6) is 11.5 Å². The van der Waals surface area contributed by atoms with Gasteiger partial charge in [0.25, 0.3) is 0 Å². The lowest BCUT2D eigenvalue weighted by molar-refractivity contribution is -0.120. The van der Waals surface area contributed by atoms with E-state index in [-0.39, 0.29) is 17.7 Å². The lowest BCUT2D eigenvalue weighted by Crippen LogP contribution is -2.39. The van der Waals surface area contributed by atoms with Crippen LogP contribution in [0, 0.1) is 0 Å². The van der Waals surface area contributed by atoms with Crippen molar-refractivity contribution < 1.29 is 19.1 Å². The Morgan fingerprint density at radius 1 is 1.07 bits per heavy atom. The summed E-state index contributed by atoms with van der Waals surface area (Å²) in [6, 6.07) is 12.3. The Hall–Kier alpha value is -2.86. The van der Waals surface area contributed by atoms with Crippen molar-refractivity contribution in [2.24, 2.45) is 0 Å². The summed E-state index contributed by atoms with van der Waals surface area (Å²) < 4.78 is 10.6. The highest BCUT2D eigenvalue weighted by atomic mass is 16.5. The van der Waals surface area contributed by atoms with Crippen LogP contribution in [0.2, 0.25) is 0 Å². The number of hydrogen-bond acceptors (Lipinski definition) is 5. The average Bonchev–Trinajstić information content (AvgIpc) is 2.67. The fraction of sp³-hybridized carbons (Fsp3) is 0.333. The van der Waals surface area contributed by atoms with Crippen LogP contribution in [-0.4, -0.2) is 43.9 Å². The maximum Gasteiger partial charge on any atom is 0.241 e. The molecule has 0 aliphatic heterocycles. The van der Waals surface area contributed by atoms with E-state index in [2.05, 4.69) is 5.32 Å². The molecule has 0 fully saturated rings. The fourth-order valence-corrected chi connectivity index (χ4v) is 2.67. The quantitative estimate of drug-likeness (QED) is 0.722. The molecule has 144 valence electrons. The Bertz CT molecular complexity index is 820. The molecule has 0 heterocycles. The molecule has 2 aromatic carbocycles. The van der Waals surface area contributed by atoms with Crippen molar-refractivity contribution in [2.75, 3.05) is 26.6 Å². The van der Waals surface area contributed by atoms with Gasteiger partial charge in [-0.3, -0.25) is 14.5 Å². The third-order valence-corrected chi connectivity index (χ3v) is 4.46. The van der Waals surface area contributed by atoms with Crippen LogP contribution in [-0.2, 0) is 11.3 Å². The summed E-state index contributed by atoms with van der Waals surface area (Å²) >= 11 is 0. The predicted molar refractivity (Wildman–Crippen MR) is 106 cm³/mol. The van der Waals surface area contributed by atoms with Crippen molar-refractivity contribution in [3.63, 3.8) is 0 Å². The minimum Gasteiger partial charge on any atom is -0.493 e. The number of rotatable bonds is 8. The van der Waals surface area contributed by atoms with Crippen molar-refractivity contribution in [2.45, 2.75) is 26.4 Å². The number of nitrogens with zero attached hydrogens (tertiary/aromatic N) is 1. The molecule has 2 aromatic rings. The molecule has 1 N–H and O–H groups in total. The first-order valence-corrected chi connectivity index (χ1v) is 8.68. The Morgan fingerprint density at radius 3 is 2.41 bits per heavy atom. The van der Waals surface area contributed by atoms with Gasteiger partial charge in [0.1, 0.15) is 0 Å². The van der Waals surface area contributed by atoms with E-state index in [0.717, 1.165) is 5.56 Å². The van der Waals surface area contributed by atoms with Crippen molar-refractivity contribution in [1.82, 2.24) is 4.90 Å². The number of ether oxygens (including phenoxy) is 2. The number of anilines is 1. The average molecular weight is 370 g/mol. The van der Waals surface area contributed by atoms with E-state index in [1.807, 2.05) is 37.1 Å². The topological polar surface area (TPSA) is 67.9 Å². The van der Waals surface area contributed by atoms with Crippen LogP contribution in [0.4, 0.5) is 5.69 Å². The van der Waals surface area contributed by atoms with E-state index >= 15 is 0 Å². The molecule has 0 radical (unpaired) electrons. The second-order valence-corrected chi connectivity index (χ2v) is 6.41. The van der Waals surface area contributed by atoms with E-state index in [1.54, 1.807) is 38.5 Å². The molecule has 0 aromatic heterocycles. The lowest BCUT2D eigenvalue weighted by atomic mass is 10.1. The molecule has 27 heavy (non-hydrogen) atoms. The monoisotopic (exact) mass is 370 g/mol. The Kier molecular flexibility index (Phi) is 6.96. The highest BCUT2D eigenvalue weighted by Gasteiger charge is 2.19. The van der Waals surface area contributed by atoms with E-state index in [9.17, 15) is 9.59 Å². The van der Waals surface area contributed by atoms with E-state index < -0.39 is 0 Å². The van der Waals surface area contributed by atoms with Gasteiger partial charge in [0, 0.05) is 17.8 Å². The van der Waals surface area contributed by atoms with Gasteiger partial charge in [0.15, 0.2) is 17.3 Å². The molecule has 0 saturated carbocycles. The zero-order chi connectivity index (χ0) is 20.0. The molecule has 6 heteroatoms. The molecule has 0 spiro atoms. The van der Waals surface area contributed by atoms with Crippen LogP contribution in [0.25, 0.3) is 0 Å².